The molecule has 0 aromatic heterocycles. The standard InChI is InChI=1S/C27H33NO5/c1-27(2,3)26(31)33-24(17-19-9-6-5-7-10-19)25(30)28-16-8-11-21(28)18-23(29)20-12-14-22(32-4)15-13-20/h5-7,9-10,12-15,21,24H,8,11,16-18H2,1-4H3/t21-,24-/m1/s1. The van der Waals surface area contributed by atoms with Crippen molar-refractivity contribution in [3.8, 4) is 5.75 Å². The van der Waals surface area contributed by atoms with Gasteiger partial charge in [0.05, 0.1) is 12.5 Å². The lowest BCUT2D eigenvalue weighted by Crippen LogP contribution is -2.46. The number of carbonyl (C=O) groups excluding carboxylic acids is 3. The molecule has 2 aromatic carbocycles. The monoisotopic (exact) mass is 451 g/mol. The fourth-order valence-electron chi connectivity index (χ4n) is 3.95. The number of ether oxygens (including phenoxy) is 2. The van der Waals surface area contributed by atoms with Crippen LogP contribution in [0.15, 0.2) is 54.6 Å². The van der Waals surface area contributed by atoms with Crippen molar-refractivity contribution in [2.24, 2.45) is 5.41 Å². The van der Waals surface area contributed by atoms with Gasteiger partial charge >= 0.3 is 5.97 Å². The van der Waals surface area contributed by atoms with Gasteiger partial charge in [-0.1, -0.05) is 30.3 Å². The summed E-state index contributed by atoms with van der Waals surface area (Å²) in [5.74, 6) is 0.0191. The second-order valence-corrected chi connectivity index (χ2v) is 9.52. The number of methoxy groups -OCH3 is 1. The van der Waals surface area contributed by atoms with Gasteiger partial charge in [-0.05, 0) is 63.4 Å². The maximum atomic E-state index is 13.5. The van der Waals surface area contributed by atoms with Gasteiger partial charge in [-0.25, -0.2) is 0 Å². The fourth-order valence-corrected chi connectivity index (χ4v) is 3.95. The number of ketones is 1. The van der Waals surface area contributed by atoms with E-state index >= 15 is 0 Å². The number of hydrogen-bond acceptors (Lipinski definition) is 5. The Balaban J connectivity index is 1.75. The summed E-state index contributed by atoms with van der Waals surface area (Å²) in [6.07, 6.45) is 1.19. The first-order valence-electron chi connectivity index (χ1n) is 11.4. The second-order valence-electron chi connectivity index (χ2n) is 9.52. The van der Waals surface area contributed by atoms with Crippen molar-refractivity contribution in [3.63, 3.8) is 0 Å². The van der Waals surface area contributed by atoms with Gasteiger partial charge in [-0.15, -0.1) is 0 Å². The Kier molecular flexibility index (Phi) is 7.90. The normalized spacial score (nSPS) is 16.8. The largest absolute Gasteiger partial charge is 0.497 e. The van der Waals surface area contributed by atoms with Crippen LogP contribution in [0.1, 0.15) is 56.0 Å². The molecule has 176 valence electrons. The van der Waals surface area contributed by atoms with E-state index in [1.807, 2.05) is 30.3 Å². The van der Waals surface area contributed by atoms with Crippen molar-refractivity contribution < 1.29 is 23.9 Å². The number of likely N-dealkylation sites (tertiary alicyclic amines) is 1. The number of hydrogen-bond donors (Lipinski definition) is 0. The van der Waals surface area contributed by atoms with E-state index in [0.717, 1.165) is 18.4 Å². The summed E-state index contributed by atoms with van der Waals surface area (Å²) in [6.45, 7) is 5.86. The van der Waals surface area contributed by atoms with Crippen LogP contribution in [0, 0.1) is 5.41 Å². The van der Waals surface area contributed by atoms with Crippen molar-refractivity contribution in [1.29, 1.82) is 0 Å². The van der Waals surface area contributed by atoms with Crippen LogP contribution in [0.4, 0.5) is 0 Å². The topological polar surface area (TPSA) is 72.9 Å². The number of esters is 1. The summed E-state index contributed by atoms with van der Waals surface area (Å²) in [5.41, 5.74) is 0.793. The molecular weight excluding hydrogens is 418 g/mol. The van der Waals surface area contributed by atoms with Gasteiger partial charge in [0.2, 0.25) is 0 Å². The van der Waals surface area contributed by atoms with Gasteiger partial charge in [0.25, 0.3) is 5.91 Å². The molecule has 33 heavy (non-hydrogen) atoms. The van der Waals surface area contributed by atoms with Crippen LogP contribution >= 0.6 is 0 Å². The molecule has 1 aliphatic rings. The van der Waals surface area contributed by atoms with Crippen LogP contribution < -0.4 is 4.74 Å². The highest BCUT2D eigenvalue weighted by Crippen LogP contribution is 2.26. The smallest absolute Gasteiger partial charge is 0.312 e. The first-order valence-corrected chi connectivity index (χ1v) is 11.4. The van der Waals surface area contributed by atoms with Crippen LogP contribution in [0.2, 0.25) is 0 Å². The van der Waals surface area contributed by atoms with Crippen molar-refractivity contribution >= 4 is 17.7 Å². The summed E-state index contributed by atoms with van der Waals surface area (Å²) in [5, 5.41) is 0. The van der Waals surface area contributed by atoms with Crippen molar-refractivity contribution in [3.05, 3.63) is 65.7 Å². The molecule has 1 amide bonds. The van der Waals surface area contributed by atoms with Gasteiger partial charge in [0, 0.05) is 31.0 Å². The Labute approximate surface area is 195 Å². The molecule has 0 bridgehead atoms. The highest BCUT2D eigenvalue weighted by atomic mass is 16.5. The molecule has 3 rings (SSSR count). The molecule has 0 spiro atoms. The lowest BCUT2D eigenvalue weighted by molar-refractivity contribution is -0.167. The van der Waals surface area contributed by atoms with Gasteiger partial charge in [-0.3, -0.25) is 14.4 Å². The molecular formula is C27H33NO5. The zero-order chi connectivity index (χ0) is 24.0. The zero-order valence-corrected chi connectivity index (χ0v) is 19.9. The van der Waals surface area contributed by atoms with E-state index in [-0.39, 0.29) is 24.2 Å². The molecule has 0 saturated carbocycles. The van der Waals surface area contributed by atoms with Gasteiger partial charge in [-0.2, -0.15) is 0 Å². The third kappa shape index (κ3) is 6.44. The average Bonchev–Trinajstić information content (AvgIpc) is 3.26. The Hall–Kier alpha value is -3.15. The van der Waals surface area contributed by atoms with Gasteiger partial charge < -0.3 is 14.4 Å². The quantitative estimate of drug-likeness (QED) is 0.438. The summed E-state index contributed by atoms with van der Waals surface area (Å²) in [4.78, 5) is 40.8. The summed E-state index contributed by atoms with van der Waals surface area (Å²) in [7, 11) is 1.58. The number of carbonyl (C=O) groups is 3. The molecule has 6 nitrogen and oxygen atoms in total. The van der Waals surface area contributed by atoms with Crippen molar-refractivity contribution in [2.45, 2.75) is 58.6 Å². The first kappa shape index (κ1) is 24.5. The SMILES string of the molecule is COc1ccc(C(=O)C[C@H]2CCCN2C(=O)[C@@H](Cc2ccccc2)OC(=O)C(C)(C)C)cc1. The lowest BCUT2D eigenvalue weighted by atomic mass is 9.97. The van der Waals surface area contributed by atoms with Gasteiger partial charge in [0.1, 0.15) is 5.75 Å². The van der Waals surface area contributed by atoms with Crippen LogP contribution in [0.3, 0.4) is 0 Å². The van der Waals surface area contributed by atoms with Crippen molar-refractivity contribution in [2.75, 3.05) is 13.7 Å². The zero-order valence-electron chi connectivity index (χ0n) is 19.9. The number of amides is 1. The van der Waals surface area contributed by atoms with Crippen LogP contribution in [-0.4, -0.2) is 48.4 Å². The Morgan fingerprint density at radius 1 is 1.03 bits per heavy atom. The molecule has 1 fully saturated rings. The van der Waals surface area contributed by atoms with E-state index in [1.165, 1.54) is 0 Å². The number of Topliss-reactive ketones (excluding diaryl/α,β-unsaturated/α-hetero) is 1. The summed E-state index contributed by atoms with van der Waals surface area (Å²) < 4.78 is 10.9. The molecule has 0 unspecified atom stereocenters. The molecule has 0 radical (unpaired) electrons. The number of rotatable bonds is 8. The first-order chi connectivity index (χ1) is 15.7. The predicted molar refractivity (Wildman–Crippen MR) is 126 cm³/mol. The Bertz CT molecular complexity index is 962. The predicted octanol–water partition coefficient (Wildman–Crippen LogP) is 4.46. The molecule has 0 N–H and O–H groups in total. The highest BCUT2D eigenvalue weighted by Gasteiger charge is 2.37. The Morgan fingerprint density at radius 2 is 1.70 bits per heavy atom. The molecule has 6 heteroatoms. The molecule has 0 aliphatic carbocycles. The van der Waals surface area contributed by atoms with E-state index in [2.05, 4.69) is 0 Å². The fraction of sp³-hybridized carbons (Fsp3) is 0.444. The lowest BCUT2D eigenvalue weighted by Gasteiger charge is -2.30. The second kappa shape index (κ2) is 10.6. The molecule has 1 saturated heterocycles. The van der Waals surface area contributed by atoms with E-state index in [4.69, 9.17) is 9.47 Å². The van der Waals surface area contributed by atoms with Crippen LogP contribution in [0.25, 0.3) is 0 Å². The van der Waals surface area contributed by atoms with E-state index in [0.29, 0.717) is 24.3 Å². The number of nitrogens with zero attached hydrogens (tertiary/aromatic N) is 1. The maximum absolute atomic E-state index is 13.5. The maximum Gasteiger partial charge on any atom is 0.312 e. The number of benzene rings is 2. The van der Waals surface area contributed by atoms with E-state index in [9.17, 15) is 14.4 Å². The molecule has 1 heterocycles. The average molecular weight is 452 g/mol. The van der Waals surface area contributed by atoms with Crippen LogP contribution in [0.5, 0.6) is 5.75 Å². The van der Waals surface area contributed by atoms with E-state index < -0.39 is 17.5 Å². The summed E-state index contributed by atoms with van der Waals surface area (Å²) in [6, 6.07) is 16.3. The molecule has 2 aromatic rings. The van der Waals surface area contributed by atoms with E-state index in [1.54, 1.807) is 57.0 Å². The van der Waals surface area contributed by atoms with Crippen LogP contribution in [-0.2, 0) is 20.7 Å². The minimum Gasteiger partial charge on any atom is -0.497 e. The van der Waals surface area contributed by atoms with Crippen molar-refractivity contribution in [1.82, 2.24) is 4.90 Å². The Morgan fingerprint density at radius 3 is 2.30 bits per heavy atom. The minimum atomic E-state index is -0.921. The third-order valence-electron chi connectivity index (χ3n) is 5.89. The third-order valence-corrected chi connectivity index (χ3v) is 5.89. The highest BCUT2D eigenvalue weighted by molar-refractivity contribution is 5.97. The molecule has 1 aliphatic heterocycles. The van der Waals surface area contributed by atoms with Gasteiger partial charge in [0.15, 0.2) is 11.9 Å². The molecule has 2 atom stereocenters. The summed E-state index contributed by atoms with van der Waals surface area (Å²) >= 11 is 0. The minimum absolute atomic E-state index is 0.0198.